The van der Waals surface area contributed by atoms with Gasteiger partial charge in [-0.2, -0.15) is 0 Å². The number of hydrogen-bond acceptors (Lipinski definition) is 4. The molecule has 5 nitrogen and oxygen atoms in total. The summed E-state index contributed by atoms with van der Waals surface area (Å²) < 4.78 is 9.65. The first kappa shape index (κ1) is 16.9. The second kappa shape index (κ2) is 8.91. The lowest BCUT2D eigenvalue weighted by Crippen LogP contribution is -2.40. The van der Waals surface area contributed by atoms with Crippen LogP contribution in [0, 0.1) is 11.8 Å². The fourth-order valence-corrected chi connectivity index (χ4v) is 1.66. The van der Waals surface area contributed by atoms with Crippen molar-refractivity contribution in [3.05, 3.63) is 0 Å². The van der Waals surface area contributed by atoms with Crippen molar-refractivity contribution in [2.45, 2.75) is 27.2 Å². The van der Waals surface area contributed by atoms with Gasteiger partial charge in [-0.3, -0.25) is 9.59 Å². The molecule has 0 aliphatic heterocycles. The zero-order valence-electron chi connectivity index (χ0n) is 12.1. The maximum atomic E-state index is 12.0. The fraction of sp³-hybridized carbons (Fsp3) is 0.846. The molecule has 0 bridgehead atoms. The van der Waals surface area contributed by atoms with Crippen LogP contribution >= 0.6 is 0 Å². The number of ether oxygens (including phenoxy) is 2. The van der Waals surface area contributed by atoms with E-state index in [0.717, 1.165) is 6.42 Å². The largest absolute Gasteiger partial charge is 0.469 e. The number of rotatable bonds is 8. The Hall–Kier alpha value is -1.10. The van der Waals surface area contributed by atoms with E-state index in [-0.39, 0.29) is 23.7 Å². The van der Waals surface area contributed by atoms with E-state index in [2.05, 4.69) is 4.74 Å². The zero-order chi connectivity index (χ0) is 14.1. The average molecular weight is 259 g/mol. The summed E-state index contributed by atoms with van der Waals surface area (Å²) in [6.45, 7) is 7.08. The minimum Gasteiger partial charge on any atom is -0.469 e. The van der Waals surface area contributed by atoms with Crippen molar-refractivity contribution in [2.75, 3.05) is 33.9 Å². The fourth-order valence-electron chi connectivity index (χ4n) is 1.66. The maximum absolute atomic E-state index is 12.0. The monoisotopic (exact) mass is 259 g/mol. The Kier molecular flexibility index (Phi) is 8.37. The van der Waals surface area contributed by atoms with Crippen LogP contribution in [0.3, 0.4) is 0 Å². The lowest BCUT2D eigenvalue weighted by Gasteiger charge is -2.26. The van der Waals surface area contributed by atoms with Gasteiger partial charge in [0.1, 0.15) is 0 Å². The Morgan fingerprint density at radius 3 is 2.22 bits per heavy atom. The van der Waals surface area contributed by atoms with Gasteiger partial charge in [-0.25, -0.2) is 0 Å². The molecule has 0 fully saturated rings. The van der Waals surface area contributed by atoms with Crippen molar-refractivity contribution in [1.29, 1.82) is 0 Å². The van der Waals surface area contributed by atoms with Crippen molar-refractivity contribution in [3.63, 3.8) is 0 Å². The predicted molar refractivity (Wildman–Crippen MR) is 69.1 cm³/mol. The molecule has 0 aliphatic rings. The Labute approximate surface area is 109 Å². The van der Waals surface area contributed by atoms with E-state index in [1.54, 1.807) is 18.9 Å². The van der Waals surface area contributed by atoms with Crippen LogP contribution in [0.25, 0.3) is 0 Å². The van der Waals surface area contributed by atoms with Crippen LogP contribution in [0.2, 0.25) is 0 Å². The summed E-state index contributed by atoms with van der Waals surface area (Å²) in [7, 11) is 2.99. The molecule has 0 radical (unpaired) electrons. The number of methoxy groups -OCH3 is 2. The van der Waals surface area contributed by atoms with Crippen molar-refractivity contribution < 1.29 is 19.1 Å². The summed E-state index contributed by atoms with van der Waals surface area (Å²) in [6.07, 6.45) is 0.767. The Balaban J connectivity index is 4.46. The minimum absolute atomic E-state index is 0.0573. The molecule has 0 heterocycles. The first-order valence-electron chi connectivity index (χ1n) is 6.29. The standard InChI is InChI=1S/C13H25NO4/c1-10(2)12(15)14(7-6-8-17-4)9-11(3)13(16)18-5/h10-11H,6-9H2,1-5H3. The minimum atomic E-state index is -0.305. The van der Waals surface area contributed by atoms with E-state index < -0.39 is 0 Å². The maximum Gasteiger partial charge on any atom is 0.310 e. The summed E-state index contributed by atoms with van der Waals surface area (Å²) in [4.78, 5) is 25.1. The lowest BCUT2D eigenvalue weighted by molar-refractivity contribution is -0.147. The molecular weight excluding hydrogens is 234 g/mol. The molecular formula is C13H25NO4. The molecule has 0 saturated heterocycles. The first-order valence-corrected chi connectivity index (χ1v) is 6.29. The van der Waals surface area contributed by atoms with Gasteiger partial charge in [0.15, 0.2) is 0 Å². The quantitative estimate of drug-likeness (QED) is 0.487. The van der Waals surface area contributed by atoms with E-state index in [1.165, 1.54) is 7.11 Å². The number of nitrogens with zero attached hydrogens (tertiary/aromatic N) is 1. The van der Waals surface area contributed by atoms with Gasteiger partial charge in [0.2, 0.25) is 5.91 Å². The predicted octanol–water partition coefficient (Wildman–Crippen LogP) is 1.32. The molecule has 5 heteroatoms. The highest BCUT2D eigenvalue weighted by Crippen LogP contribution is 2.08. The van der Waals surface area contributed by atoms with Crippen LogP contribution in [0.5, 0.6) is 0 Å². The van der Waals surface area contributed by atoms with E-state index in [1.807, 2.05) is 13.8 Å². The second-order valence-corrected chi connectivity index (χ2v) is 4.71. The van der Waals surface area contributed by atoms with Crippen LogP contribution in [-0.2, 0) is 19.1 Å². The highest BCUT2D eigenvalue weighted by molar-refractivity contribution is 5.79. The lowest BCUT2D eigenvalue weighted by atomic mass is 10.1. The van der Waals surface area contributed by atoms with Crippen molar-refractivity contribution in [3.8, 4) is 0 Å². The number of amides is 1. The van der Waals surface area contributed by atoms with E-state index in [0.29, 0.717) is 19.7 Å². The number of hydrogen-bond donors (Lipinski definition) is 0. The van der Waals surface area contributed by atoms with Crippen molar-refractivity contribution >= 4 is 11.9 Å². The summed E-state index contributed by atoms with van der Waals surface area (Å²) >= 11 is 0. The van der Waals surface area contributed by atoms with Gasteiger partial charge in [0, 0.05) is 32.7 Å². The second-order valence-electron chi connectivity index (χ2n) is 4.71. The smallest absolute Gasteiger partial charge is 0.310 e. The van der Waals surface area contributed by atoms with Gasteiger partial charge in [-0.15, -0.1) is 0 Å². The van der Waals surface area contributed by atoms with Gasteiger partial charge in [-0.05, 0) is 6.42 Å². The van der Waals surface area contributed by atoms with Crippen molar-refractivity contribution in [2.24, 2.45) is 11.8 Å². The Bertz CT molecular complexity index is 266. The number of carbonyl (C=O) groups is 2. The van der Waals surface area contributed by atoms with E-state index in [9.17, 15) is 9.59 Å². The SMILES string of the molecule is COCCCN(CC(C)C(=O)OC)C(=O)C(C)C. The van der Waals surface area contributed by atoms with Gasteiger partial charge in [0.25, 0.3) is 0 Å². The molecule has 0 N–H and O–H groups in total. The summed E-state index contributed by atoms with van der Waals surface area (Å²) in [5.74, 6) is -0.609. The average Bonchev–Trinajstić information content (AvgIpc) is 2.35. The third kappa shape index (κ3) is 6.00. The van der Waals surface area contributed by atoms with Gasteiger partial charge < -0.3 is 14.4 Å². The highest BCUT2D eigenvalue weighted by Gasteiger charge is 2.22. The Morgan fingerprint density at radius 1 is 1.17 bits per heavy atom. The van der Waals surface area contributed by atoms with Crippen LogP contribution in [0.15, 0.2) is 0 Å². The Morgan fingerprint density at radius 2 is 1.78 bits per heavy atom. The third-order valence-corrected chi connectivity index (χ3v) is 2.68. The molecule has 0 saturated carbocycles. The molecule has 0 rings (SSSR count). The van der Waals surface area contributed by atoms with Crippen LogP contribution < -0.4 is 0 Å². The van der Waals surface area contributed by atoms with Crippen LogP contribution in [-0.4, -0.2) is 50.7 Å². The molecule has 18 heavy (non-hydrogen) atoms. The third-order valence-electron chi connectivity index (χ3n) is 2.68. The van der Waals surface area contributed by atoms with Gasteiger partial charge in [-0.1, -0.05) is 20.8 Å². The number of esters is 1. The molecule has 106 valence electrons. The van der Waals surface area contributed by atoms with E-state index >= 15 is 0 Å². The van der Waals surface area contributed by atoms with Crippen molar-refractivity contribution in [1.82, 2.24) is 4.90 Å². The molecule has 1 amide bonds. The number of carbonyl (C=O) groups excluding carboxylic acids is 2. The zero-order valence-corrected chi connectivity index (χ0v) is 12.1. The van der Waals surface area contributed by atoms with Gasteiger partial charge >= 0.3 is 5.97 Å². The molecule has 0 spiro atoms. The first-order chi connectivity index (χ1) is 8.43. The van der Waals surface area contributed by atoms with Gasteiger partial charge in [0.05, 0.1) is 13.0 Å². The van der Waals surface area contributed by atoms with Crippen LogP contribution in [0.4, 0.5) is 0 Å². The summed E-state index contributed by atoms with van der Waals surface area (Å²) in [6, 6.07) is 0. The normalized spacial score (nSPS) is 12.3. The molecule has 0 aromatic carbocycles. The van der Waals surface area contributed by atoms with Crippen LogP contribution in [0.1, 0.15) is 27.2 Å². The summed E-state index contributed by atoms with van der Waals surface area (Å²) in [5, 5.41) is 0. The topological polar surface area (TPSA) is 55.8 Å². The molecule has 0 aromatic rings. The summed E-state index contributed by atoms with van der Waals surface area (Å²) in [5.41, 5.74) is 0. The van der Waals surface area contributed by atoms with E-state index in [4.69, 9.17) is 4.74 Å². The molecule has 1 atom stereocenters. The molecule has 0 aliphatic carbocycles. The highest BCUT2D eigenvalue weighted by atomic mass is 16.5. The molecule has 1 unspecified atom stereocenters. The molecule has 0 aromatic heterocycles.